The van der Waals surface area contributed by atoms with Crippen molar-refractivity contribution < 1.29 is 4.74 Å². The second kappa shape index (κ2) is 7.00. The molecular formula is C16H23N3OS. The van der Waals surface area contributed by atoms with Gasteiger partial charge in [-0.3, -0.25) is 4.98 Å². The summed E-state index contributed by atoms with van der Waals surface area (Å²) in [6.07, 6.45) is 0. The first-order chi connectivity index (χ1) is 9.95. The van der Waals surface area contributed by atoms with Gasteiger partial charge in [0.05, 0.1) is 11.4 Å². The summed E-state index contributed by atoms with van der Waals surface area (Å²) in [6.45, 7) is 11.6. The highest BCUT2D eigenvalue weighted by molar-refractivity contribution is 7.11. The Kier molecular flexibility index (Phi) is 5.31. The Hall–Kier alpha value is -1.46. The SMILES string of the molecule is Cc1ccc(OCc2nc(C)c(C)s2)c(CNC(C)C)n1. The molecule has 0 unspecified atom stereocenters. The summed E-state index contributed by atoms with van der Waals surface area (Å²) in [7, 11) is 0. The maximum atomic E-state index is 5.92. The van der Waals surface area contributed by atoms with E-state index in [4.69, 9.17) is 4.74 Å². The van der Waals surface area contributed by atoms with Crippen molar-refractivity contribution in [1.29, 1.82) is 0 Å². The summed E-state index contributed by atoms with van der Waals surface area (Å²) in [5, 5.41) is 4.39. The number of nitrogens with one attached hydrogen (secondary N) is 1. The van der Waals surface area contributed by atoms with Crippen molar-refractivity contribution in [1.82, 2.24) is 15.3 Å². The van der Waals surface area contributed by atoms with E-state index in [-0.39, 0.29) is 0 Å². The minimum absolute atomic E-state index is 0.421. The van der Waals surface area contributed by atoms with E-state index in [0.717, 1.165) is 27.8 Å². The number of hydrogen-bond acceptors (Lipinski definition) is 5. The molecule has 2 aromatic rings. The number of aromatic nitrogens is 2. The normalized spacial score (nSPS) is 11.1. The molecule has 114 valence electrons. The highest BCUT2D eigenvalue weighted by Gasteiger charge is 2.09. The van der Waals surface area contributed by atoms with Crippen LogP contribution in [0.25, 0.3) is 0 Å². The van der Waals surface area contributed by atoms with Crippen molar-refractivity contribution in [2.45, 2.75) is 53.8 Å². The predicted molar refractivity (Wildman–Crippen MR) is 86.9 cm³/mol. The second-order valence-electron chi connectivity index (χ2n) is 5.47. The number of hydrogen-bond donors (Lipinski definition) is 1. The summed E-state index contributed by atoms with van der Waals surface area (Å²) in [5.74, 6) is 0.833. The minimum atomic E-state index is 0.421. The van der Waals surface area contributed by atoms with E-state index in [9.17, 15) is 0 Å². The number of pyridine rings is 1. The Labute approximate surface area is 130 Å². The quantitative estimate of drug-likeness (QED) is 0.886. The van der Waals surface area contributed by atoms with E-state index in [0.29, 0.717) is 19.2 Å². The molecule has 1 N–H and O–H groups in total. The Morgan fingerprint density at radius 1 is 1.19 bits per heavy atom. The first kappa shape index (κ1) is 15.9. The van der Waals surface area contributed by atoms with Crippen LogP contribution in [-0.4, -0.2) is 16.0 Å². The van der Waals surface area contributed by atoms with Crippen molar-refractivity contribution >= 4 is 11.3 Å². The van der Waals surface area contributed by atoms with Crippen LogP contribution >= 0.6 is 11.3 Å². The van der Waals surface area contributed by atoms with Gasteiger partial charge in [-0.15, -0.1) is 11.3 Å². The maximum Gasteiger partial charge on any atom is 0.142 e. The summed E-state index contributed by atoms with van der Waals surface area (Å²) in [6, 6.07) is 4.39. The molecule has 0 spiro atoms. The molecule has 21 heavy (non-hydrogen) atoms. The fourth-order valence-electron chi connectivity index (χ4n) is 1.90. The van der Waals surface area contributed by atoms with Gasteiger partial charge in [-0.1, -0.05) is 13.8 Å². The Bertz CT molecular complexity index is 588. The van der Waals surface area contributed by atoms with Crippen LogP contribution in [-0.2, 0) is 13.2 Å². The standard InChI is InChI=1S/C16H23N3OS/c1-10(2)17-8-14-15(7-6-11(3)18-14)20-9-16-19-12(4)13(5)21-16/h6-7,10,17H,8-9H2,1-5H3. The van der Waals surface area contributed by atoms with Gasteiger partial charge in [0.2, 0.25) is 0 Å². The lowest BCUT2D eigenvalue weighted by Crippen LogP contribution is -2.23. The molecule has 0 radical (unpaired) electrons. The highest BCUT2D eigenvalue weighted by atomic mass is 32.1. The van der Waals surface area contributed by atoms with Crippen LogP contribution in [0.3, 0.4) is 0 Å². The van der Waals surface area contributed by atoms with Crippen LogP contribution in [0, 0.1) is 20.8 Å². The molecule has 0 aliphatic carbocycles. The van der Waals surface area contributed by atoms with E-state index in [2.05, 4.69) is 36.1 Å². The van der Waals surface area contributed by atoms with Crippen molar-refractivity contribution in [2.24, 2.45) is 0 Å². The molecule has 0 aliphatic rings. The largest absolute Gasteiger partial charge is 0.484 e. The van der Waals surface area contributed by atoms with E-state index in [1.165, 1.54) is 4.88 Å². The van der Waals surface area contributed by atoms with Gasteiger partial charge < -0.3 is 10.1 Å². The van der Waals surface area contributed by atoms with Gasteiger partial charge in [0, 0.05) is 23.2 Å². The number of ether oxygens (including phenoxy) is 1. The van der Waals surface area contributed by atoms with E-state index < -0.39 is 0 Å². The van der Waals surface area contributed by atoms with Crippen LogP contribution in [0.15, 0.2) is 12.1 Å². The van der Waals surface area contributed by atoms with E-state index in [1.807, 2.05) is 26.0 Å². The summed E-state index contributed by atoms with van der Waals surface area (Å²) < 4.78 is 5.92. The van der Waals surface area contributed by atoms with Crippen molar-refractivity contribution in [3.63, 3.8) is 0 Å². The molecule has 2 aromatic heterocycles. The molecule has 2 rings (SSSR count). The lowest BCUT2D eigenvalue weighted by Gasteiger charge is -2.13. The molecule has 0 saturated carbocycles. The third-order valence-electron chi connectivity index (χ3n) is 3.17. The zero-order valence-corrected chi connectivity index (χ0v) is 14.2. The van der Waals surface area contributed by atoms with E-state index >= 15 is 0 Å². The van der Waals surface area contributed by atoms with Crippen molar-refractivity contribution in [3.8, 4) is 5.75 Å². The van der Waals surface area contributed by atoms with E-state index in [1.54, 1.807) is 11.3 Å². The average molecular weight is 305 g/mol. The van der Waals surface area contributed by atoms with Gasteiger partial charge in [-0.25, -0.2) is 4.98 Å². The van der Waals surface area contributed by atoms with Gasteiger partial charge in [0.25, 0.3) is 0 Å². The van der Waals surface area contributed by atoms with Gasteiger partial charge in [-0.05, 0) is 32.9 Å². The zero-order valence-electron chi connectivity index (χ0n) is 13.4. The summed E-state index contributed by atoms with van der Waals surface area (Å²) in [4.78, 5) is 10.3. The number of thiazole rings is 1. The predicted octanol–water partition coefficient (Wildman–Crippen LogP) is 3.54. The number of aryl methyl sites for hydroxylation is 3. The average Bonchev–Trinajstić information content (AvgIpc) is 2.74. The smallest absolute Gasteiger partial charge is 0.142 e. The van der Waals surface area contributed by atoms with Crippen LogP contribution in [0.4, 0.5) is 0 Å². The van der Waals surface area contributed by atoms with Crippen LogP contribution in [0.2, 0.25) is 0 Å². The molecule has 0 saturated heterocycles. The van der Waals surface area contributed by atoms with Gasteiger partial charge in [0.1, 0.15) is 17.4 Å². The molecule has 2 heterocycles. The highest BCUT2D eigenvalue weighted by Crippen LogP contribution is 2.21. The minimum Gasteiger partial charge on any atom is -0.484 e. The van der Waals surface area contributed by atoms with Crippen LogP contribution in [0.1, 0.15) is 40.8 Å². The Morgan fingerprint density at radius 2 is 1.95 bits per heavy atom. The summed E-state index contributed by atoms with van der Waals surface area (Å²) in [5.41, 5.74) is 3.04. The molecule has 0 bridgehead atoms. The number of rotatable bonds is 6. The molecule has 0 aliphatic heterocycles. The third-order valence-corrected chi connectivity index (χ3v) is 4.22. The van der Waals surface area contributed by atoms with Crippen LogP contribution < -0.4 is 10.1 Å². The first-order valence-corrected chi connectivity index (χ1v) is 8.03. The topological polar surface area (TPSA) is 47.0 Å². The Morgan fingerprint density at radius 3 is 2.57 bits per heavy atom. The molecular weight excluding hydrogens is 282 g/mol. The molecule has 5 heteroatoms. The fourth-order valence-corrected chi connectivity index (χ4v) is 2.74. The van der Waals surface area contributed by atoms with Crippen molar-refractivity contribution in [3.05, 3.63) is 39.1 Å². The van der Waals surface area contributed by atoms with Gasteiger partial charge in [-0.2, -0.15) is 0 Å². The van der Waals surface area contributed by atoms with Crippen molar-refractivity contribution in [2.75, 3.05) is 0 Å². The third kappa shape index (κ3) is 4.51. The second-order valence-corrected chi connectivity index (χ2v) is 6.76. The molecule has 0 aromatic carbocycles. The van der Waals surface area contributed by atoms with Gasteiger partial charge in [0.15, 0.2) is 0 Å². The molecule has 0 fully saturated rings. The molecule has 0 atom stereocenters. The lowest BCUT2D eigenvalue weighted by atomic mass is 10.2. The summed E-state index contributed by atoms with van der Waals surface area (Å²) >= 11 is 1.69. The fraction of sp³-hybridized carbons (Fsp3) is 0.500. The Balaban J connectivity index is 2.07. The van der Waals surface area contributed by atoms with Gasteiger partial charge >= 0.3 is 0 Å². The van der Waals surface area contributed by atoms with Crippen LogP contribution in [0.5, 0.6) is 5.75 Å². The first-order valence-electron chi connectivity index (χ1n) is 7.21. The lowest BCUT2D eigenvalue weighted by molar-refractivity contribution is 0.299. The number of nitrogens with zero attached hydrogens (tertiary/aromatic N) is 2. The zero-order chi connectivity index (χ0) is 15.4. The molecule has 0 amide bonds. The maximum absolute atomic E-state index is 5.92. The monoisotopic (exact) mass is 305 g/mol. The molecule has 4 nitrogen and oxygen atoms in total.